The number of nitro groups is 1. The number of nitrogens with two attached hydrogens (primary N) is 1. The lowest BCUT2D eigenvalue weighted by Crippen LogP contribution is -2.26. The molecule has 10 nitrogen and oxygen atoms in total. The second-order valence-corrected chi connectivity index (χ2v) is 7.79. The molecule has 4 rings (SSSR count). The number of aromatic nitrogens is 3. The summed E-state index contributed by atoms with van der Waals surface area (Å²) in [6.45, 7) is 1.59. The normalized spacial score (nSPS) is 19.5. The molecular formula is C18H23ClN8O2. The molecule has 1 aliphatic heterocycles. The van der Waals surface area contributed by atoms with Crippen molar-refractivity contribution >= 4 is 40.6 Å². The molecule has 3 heterocycles. The molecule has 4 N–H and O–H groups in total. The zero-order valence-corrected chi connectivity index (χ0v) is 16.6. The van der Waals surface area contributed by atoms with Crippen molar-refractivity contribution in [2.24, 2.45) is 5.73 Å². The van der Waals surface area contributed by atoms with Gasteiger partial charge in [-0.05, 0) is 31.4 Å². The Balaban J connectivity index is 1.52. The number of pyridine rings is 1. The predicted molar refractivity (Wildman–Crippen MR) is 112 cm³/mol. The highest BCUT2D eigenvalue weighted by molar-refractivity contribution is 6.32. The highest BCUT2D eigenvalue weighted by atomic mass is 35.5. The first-order valence-electron chi connectivity index (χ1n) is 9.71. The lowest BCUT2D eigenvalue weighted by molar-refractivity contribution is -0.384. The van der Waals surface area contributed by atoms with Gasteiger partial charge in [0.1, 0.15) is 12.0 Å². The van der Waals surface area contributed by atoms with E-state index in [1.807, 2.05) is 6.07 Å². The van der Waals surface area contributed by atoms with Crippen LogP contribution in [0, 0.1) is 10.1 Å². The fourth-order valence-corrected chi connectivity index (χ4v) is 4.07. The number of nitrogens with zero attached hydrogens (tertiary/aromatic N) is 5. The van der Waals surface area contributed by atoms with E-state index >= 15 is 0 Å². The third-order valence-corrected chi connectivity index (χ3v) is 5.57. The lowest BCUT2D eigenvalue weighted by Gasteiger charge is -2.19. The summed E-state index contributed by atoms with van der Waals surface area (Å²) in [6.07, 6.45) is 6.29. The van der Waals surface area contributed by atoms with Gasteiger partial charge in [-0.2, -0.15) is 4.98 Å². The average Bonchev–Trinajstić information content (AvgIpc) is 3.33. The van der Waals surface area contributed by atoms with Gasteiger partial charge in [-0.15, -0.1) is 0 Å². The van der Waals surface area contributed by atoms with Crippen molar-refractivity contribution in [2.45, 2.75) is 44.2 Å². The minimum absolute atomic E-state index is 0.142. The first-order chi connectivity index (χ1) is 14.0. The molecule has 1 unspecified atom stereocenters. The Labute approximate surface area is 173 Å². The maximum Gasteiger partial charge on any atom is 0.329 e. The van der Waals surface area contributed by atoms with Gasteiger partial charge >= 0.3 is 5.69 Å². The zero-order chi connectivity index (χ0) is 20.4. The van der Waals surface area contributed by atoms with E-state index in [2.05, 4.69) is 30.5 Å². The molecule has 2 fully saturated rings. The minimum Gasteiger partial charge on any atom is -0.367 e. The Morgan fingerprint density at radius 1 is 1.24 bits per heavy atom. The van der Waals surface area contributed by atoms with Gasteiger partial charge in [-0.25, -0.2) is 9.97 Å². The molecule has 0 amide bonds. The van der Waals surface area contributed by atoms with E-state index < -0.39 is 4.92 Å². The summed E-state index contributed by atoms with van der Waals surface area (Å²) >= 11 is 6.36. The van der Waals surface area contributed by atoms with Gasteiger partial charge in [-0.1, -0.05) is 24.4 Å². The molecule has 2 aromatic rings. The largest absolute Gasteiger partial charge is 0.367 e. The molecule has 1 saturated heterocycles. The number of rotatable bonds is 6. The lowest BCUT2D eigenvalue weighted by atomic mass is 10.2. The SMILES string of the molecule is NC1CCN(c2ccc(Nc3ncc([N+](=O)[O-])c(NC4CCCC4)n3)nc2Cl)C1. The predicted octanol–water partition coefficient (Wildman–Crippen LogP) is 3.07. The molecule has 0 spiro atoms. The van der Waals surface area contributed by atoms with Crippen LogP contribution in [-0.2, 0) is 0 Å². The second kappa shape index (κ2) is 8.34. The van der Waals surface area contributed by atoms with Crippen LogP contribution >= 0.6 is 11.6 Å². The van der Waals surface area contributed by atoms with E-state index in [1.165, 1.54) is 6.20 Å². The van der Waals surface area contributed by atoms with Crippen LogP contribution in [0.3, 0.4) is 0 Å². The van der Waals surface area contributed by atoms with Crippen LogP contribution in [-0.4, -0.2) is 45.0 Å². The zero-order valence-electron chi connectivity index (χ0n) is 15.8. The van der Waals surface area contributed by atoms with Crippen molar-refractivity contribution in [1.82, 2.24) is 15.0 Å². The van der Waals surface area contributed by atoms with Crippen molar-refractivity contribution in [3.63, 3.8) is 0 Å². The summed E-state index contributed by atoms with van der Waals surface area (Å²) < 4.78 is 0. The first-order valence-corrected chi connectivity index (χ1v) is 10.1. The van der Waals surface area contributed by atoms with E-state index in [-0.39, 0.29) is 29.5 Å². The van der Waals surface area contributed by atoms with Crippen LogP contribution in [0.15, 0.2) is 18.3 Å². The van der Waals surface area contributed by atoms with Gasteiger partial charge in [0.25, 0.3) is 0 Å². The molecule has 0 aromatic carbocycles. The van der Waals surface area contributed by atoms with Crippen LogP contribution in [0.5, 0.6) is 0 Å². The van der Waals surface area contributed by atoms with Crippen molar-refractivity contribution in [3.8, 4) is 0 Å². The molecule has 2 aliphatic rings. The summed E-state index contributed by atoms with van der Waals surface area (Å²) in [5, 5.41) is 17.8. The molecular weight excluding hydrogens is 396 g/mol. The quantitative estimate of drug-likeness (QED) is 0.367. The van der Waals surface area contributed by atoms with Gasteiger partial charge in [0.15, 0.2) is 5.15 Å². The van der Waals surface area contributed by atoms with E-state index in [1.54, 1.807) is 6.07 Å². The second-order valence-electron chi connectivity index (χ2n) is 7.44. The molecule has 0 radical (unpaired) electrons. The molecule has 2 aromatic heterocycles. The molecule has 1 atom stereocenters. The van der Waals surface area contributed by atoms with Crippen molar-refractivity contribution in [2.75, 3.05) is 28.6 Å². The van der Waals surface area contributed by atoms with E-state index in [9.17, 15) is 10.1 Å². The van der Waals surface area contributed by atoms with Crippen LogP contribution in [0.4, 0.5) is 29.0 Å². The van der Waals surface area contributed by atoms with E-state index in [0.717, 1.165) is 50.9 Å². The summed E-state index contributed by atoms with van der Waals surface area (Å²) in [7, 11) is 0. The molecule has 0 bridgehead atoms. The molecule has 154 valence electrons. The highest BCUT2D eigenvalue weighted by Gasteiger charge is 2.24. The highest BCUT2D eigenvalue weighted by Crippen LogP contribution is 2.30. The fourth-order valence-electron chi connectivity index (χ4n) is 3.79. The first kappa shape index (κ1) is 19.6. The Hall–Kier alpha value is -2.72. The van der Waals surface area contributed by atoms with Gasteiger partial charge in [0.05, 0.1) is 10.6 Å². The van der Waals surface area contributed by atoms with Gasteiger partial charge in [0, 0.05) is 25.2 Å². The molecule has 1 aliphatic carbocycles. The average molecular weight is 419 g/mol. The van der Waals surface area contributed by atoms with Crippen LogP contribution < -0.4 is 21.3 Å². The monoisotopic (exact) mass is 418 g/mol. The van der Waals surface area contributed by atoms with Gasteiger partial charge in [0.2, 0.25) is 11.8 Å². The Bertz CT molecular complexity index is 905. The van der Waals surface area contributed by atoms with Crippen LogP contribution in [0.1, 0.15) is 32.1 Å². The van der Waals surface area contributed by atoms with Crippen molar-refractivity contribution in [3.05, 3.63) is 33.6 Å². The Kier molecular flexibility index (Phi) is 5.63. The number of hydrogen-bond donors (Lipinski definition) is 3. The Morgan fingerprint density at radius 3 is 2.69 bits per heavy atom. The maximum absolute atomic E-state index is 11.3. The summed E-state index contributed by atoms with van der Waals surface area (Å²) in [5.41, 5.74) is 6.65. The van der Waals surface area contributed by atoms with Gasteiger partial charge in [-0.3, -0.25) is 10.1 Å². The van der Waals surface area contributed by atoms with Gasteiger partial charge < -0.3 is 21.3 Å². The topological polar surface area (TPSA) is 135 Å². The standard InChI is InChI=1S/C18H23ClN8O2/c19-16-13(26-8-7-11(20)10-26)5-6-15(23-16)24-18-21-9-14(27(28)29)17(25-18)22-12-3-1-2-4-12/h5-6,9,11-12H,1-4,7-8,10,20H2,(H2,21,22,23,24,25). The third kappa shape index (κ3) is 4.48. The Morgan fingerprint density at radius 2 is 2.03 bits per heavy atom. The number of nitrogens with one attached hydrogen (secondary N) is 2. The smallest absolute Gasteiger partial charge is 0.329 e. The van der Waals surface area contributed by atoms with Crippen LogP contribution in [0.2, 0.25) is 5.15 Å². The molecule has 11 heteroatoms. The van der Waals surface area contributed by atoms with Crippen molar-refractivity contribution in [1.29, 1.82) is 0 Å². The summed E-state index contributed by atoms with van der Waals surface area (Å²) in [4.78, 5) is 25.7. The van der Waals surface area contributed by atoms with E-state index in [0.29, 0.717) is 11.0 Å². The number of anilines is 4. The fraction of sp³-hybridized carbons (Fsp3) is 0.500. The maximum atomic E-state index is 11.3. The molecule has 29 heavy (non-hydrogen) atoms. The summed E-state index contributed by atoms with van der Waals surface area (Å²) in [6, 6.07) is 3.98. The number of halogens is 1. The van der Waals surface area contributed by atoms with E-state index in [4.69, 9.17) is 17.3 Å². The number of hydrogen-bond acceptors (Lipinski definition) is 9. The molecule has 1 saturated carbocycles. The third-order valence-electron chi connectivity index (χ3n) is 5.30. The van der Waals surface area contributed by atoms with Crippen molar-refractivity contribution < 1.29 is 4.92 Å². The minimum atomic E-state index is -0.480. The summed E-state index contributed by atoms with van der Waals surface area (Å²) in [5.74, 6) is 0.895. The van der Waals surface area contributed by atoms with Crippen LogP contribution in [0.25, 0.3) is 0 Å².